The largest absolute Gasteiger partial charge is 0.490 e. The van der Waals surface area contributed by atoms with Gasteiger partial charge in [-0.15, -0.1) is 0 Å². The summed E-state index contributed by atoms with van der Waals surface area (Å²) in [6.07, 6.45) is -1.76. The first-order chi connectivity index (χ1) is 14.1. The molecule has 1 aromatic heterocycles. The van der Waals surface area contributed by atoms with Gasteiger partial charge in [-0.25, -0.2) is 4.39 Å². The van der Waals surface area contributed by atoms with Crippen LogP contribution >= 0.6 is 11.6 Å². The second kappa shape index (κ2) is 8.51. The number of aromatic nitrogens is 2. The zero-order valence-corrected chi connectivity index (χ0v) is 16.8. The van der Waals surface area contributed by atoms with Crippen LogP contribution < -0.4 is 15.6 Å². The molecule has 1 N–H and O–H groups in total. The SMILES string of the molecule is COc1cn(CC2=CC=C(F)C(C(F)(F)F)C2)c(Nc2cccc(Cl)c2C)nc1=O. The number of hydrogen-bond donors (Lipinski definition) is 1. The van der Waals surface area contributed by atoms with Gasteiger partial charge in [0.05, 0.1) is 13.3 Å². The van der Waals surface area contributed by atoms with Crippen LogP contribution in [0, 0.1) is 12.8 Å². The molecular formula is C20H18ClF4N3O2. The highest BCUT2D eigenvalue weighted by Gasteiger charge is 2.43. The Morgan fingerprint density at radius 3 is 2.73 bits per heavy atom. The lowest BCUT2D eigenvalue weighted by atomic mass is 9.92. The molecule has 1 aromatic carbocycles. The predicted octanol–water partition coefficient (Wildman–Crippen LogP) is 5.32. The number of anilines is 2. The highest BCUT2D eigenvalue weighted by Crippen LogP contribution is 2.40. The topological polar surface area (TPSA) is 56.1 Å². The maximum Gasteiger partial charge on any atom is 0.398 e. The maximum absolute atomic E-state index is 13.7. The average molecular weight is 444 g/mol. The highest BCUT2D eigenvalue weighted by molar-refractivity contribution is 6.31. The van der Waals surface area contributed by atoms with Crippen molar-refractivity contribution in [1.29, 1.82) is 0 Å². The molecule has 0 bridgehead atoms. The monoisotopic (exact) mass is 443 g/mol. The molecule has 160 valence electrons. The lowest BCUT2D eigenvalue weighted by Gasteiger charge is -2.24. The maximum atomic E-state index is 13.7. The van der Waals surface area contributed by atoms with Crippen molar-refractivity contribution in [2.45, 2.75) is 26.1 Å². The standard InChI is InChI=1S/C20H18ClF4N3O2/c1-11-14(21)4-3-5-16(11)26-19-27-18(29)17(30-2)10-28(19)9-12-6-7-15(22)13(8-12)20(23,24)25/h3-7,10,13H,8-9H2,1-2H3,(H,26,27,29). The van der Waals surface area contributed by atoms with Gasteiger partial charge in [0.2, 0.25) is 11.7 Å². The Balaban J connectivity index is 1.98. The zero-order valence-electron chi connectivity index (χ0n) is 16.1. The molecule has 0 radical (unpaired) electrons. The fourth-order valence-electron chi connectivity index (χ4n) is 3.05. The van der Waals surface area contributed by atoms with Crippen molar-refractivity contribution in [3.8, 4) is 5.75 Å². The number of halogens is 5. The minimum atomic E-state index is -4.70. The number of allylic oxidation sites excluding steroid dienone is 4. The van der Waals surface area contributed by atoms with Crippen LogP contribution in [0.4, 0.5) is 29.2 Å². The van der Waals surface area contributed by atoms with Gasteiger partial charge in [-0.3, -0.25) is 4.79 Å². The van der Waals surface area contributed by atoms with Gasteiger partial charge >= 0.3 is 11.7 Å². The summed E-state index contributed by atoms with van der Waals surface area (Å²) in [5.74, 6) is -3.41. The Hall–Kier alpha value is -2.81. The second-order valence-corrected chi connectivity index (χ2v) is 7.19. The number of methoxy groups -OCH3 is 1. The summed E-state index contributed by atoms with van der Waals surface area (Å²) >= 11 is 6.12. The van der Waals surface area contributed by atoms with Crippen LogP contribution in [0.1, 0.15) is 12.0 Å². The van der Waals surface area contributed by atoms with E-state index in [1.165, 1.54) is 23.9 Å². The van der Waals surface area contributed by atoms with Gasteiger partial charge in [0.15, 0.2) is 0 Å². The molecule has 2 aromatic rings. The molecule has 1 aliphatic carbocycles. The second-order valence-electron chi connectivity index (χ2n) is 6.78. The number of nitrogens with one attached hydrogen (secondary N) is 1. The summed E-state index contributed by atoms with van der Waals surface area (Å²) in [5, 5.41) is 3.48. The van der Waals surface area contributed by atoms with E-state index < -0.39 is 29.9 Å². The molecule has 0 saturated heterocycles. The molecular weight excluding hydrogens is 426 g/mol. The number of benzene rings is 1. The van der Waals surface area contributed by atoms with E-state index in [0.29, 0.717) is 21.8 Å². The number of hydrogen-bond acceptors (Lipinski definition) is 4. The molecule has 1 heterocycles. The number of rotatable bonds is 5. The summed E-state index contributed by atoms with van der Waals surface area (Å²) in [5.41, 5.74) is 0.949. The van der Waals surface area contributed by atoms with E-state index in [1.54, 1.807) is 25.1 Å². The fourth-order valence-corrected chi connectivity index (χ4v) is 3.22. The zero-order chi connectivity index (χ0) is 22.1. The fraction of sp³-hybridized carbons (Fsp3) is 0.300. The van der Waals surface area contributed by atoms with Crippen LogP contribution in [0.15, 0.2) is 52.7 Å². The third kappa shape index (κ3) is 4.67. The Bertz CT molecular complexity index is 1080. The first kappa shape index (κ1) is 21.9. The molecule has 30 heavy (non-hydrogen) atoms. The number of nitrogens with zero attached hydrogens (tertiary/aromatic N) is 2. The van der Waals surface area contributed by atoms with Gasteiger partial charge in [0.25, 0.3) is 0 Å². The van der Waals surface area contributed by atoms with Crippen molar-refractivity contribution in [3.63, 3.8) is 0 Å². The minimum absolute atomic E-state index is 0.0536. The van der Waals surface area contributed by atoms with E-state index in [-0.39, 0.29) is 18.2 Å². The Morgan fingerprint density at radius 2 is 2.07 bits per heavy atom. The molecule has 3 rings (SSSR count). The van der Waals surface area contributed by atoms with E-state index in [1.807, 2.05) is 0 Å². The molecule has 1 aliphatic rings. The molecule has 10 heteroatoms. The summed E-state index contributed by atoms with van der Waals surface area (Å²) in [6, 6.07) is 5.12. The third-order valence-corrected chi connectivity index (χ3v) is 5.15. The Kier molecular flexibility index (Phi) is 6.21. The van der Waals surface area contributed by atoms with Gasteiger partial charge in [0, 0.05) is 17.3 Å². The van der Waals surface area contributed by atoms with Crippen molar-refractivity contribution in [1.82, 2.24) is 9.55 Å². The van der Waals surface area contributed by atoms with E-state index in [0.717, 1.165) is 6.08 Å². The normalized spacial score (nSPS) is 16.7. The molecule has 5 nitrogen and oxygen atoms in total. The summed E-state index contributed by atoms with van der Waals surface area (Å²) < 4.78 is 59.4. The van der Waals surface area contributed by atoms with Crippen molar-refractivity contribution in [2.24, 2.45) is 5.92 Å². The minimum Gasteiger partial charge on any atom is -0.490 e. The van der Waals surface area contributed by atoms with Crippen molar-refractivity contribution in [2.75, 3.05) is 12.4 Å². The van der Waals surface area contributed by atoms with Gasteiger partial charge in [-0.2, -0.15) is 18.2 Å². The van der Waals surface area contributed by atoms with Gasteiger partial charge in [-0.05, 0) is 42.7 Å². The van der Waals surface area contributed by atoms with E-state index in [2.05, 4.69) is 10.3 Å². The quantitative estimate of drug-likeness (QED) is 0.635. The van der Waals surface area contributed by atoms with Crippen LogP contribution in [0.2, 0.25) is 5.02 Å². The van der Waals surface area contributed by atoms with Gasteiger partial charge in [-0.1, -0.05) is 23.7 Å². The molecule has 0 amide bonds. The van der Waals surface area contributed by atoms with Crippen LogP contribution in [0.3, 0.4) is 0 Å². The predicted molar refractivity (Wildman–Crippen MR) is 106 cm³/mol. The van der Waals surface area contributed by atoms with E-state index in [4.69, 9.17) is 16.3 Å². The number of ether oxygens (including phenoxy) is 1. The molecule has 1 unspecified atom stereocenters. The third-order valence-electron chi connectivity index (χ3n) is 4.74. The molecule has 1 atom stereocenters. The van der Waals surface area contributed by atoms with Crippen LogP contribution in [0.25, 0.3) is 0 Å². The van der Waals surface area contributed by atoms with Crippen molar-refractivity contribution in [3.05, 3.63) is 68.9 Å². The highest BCUT2D eigenvalue weighted by atomic mass is 35.5. The smallest absolute Gasteiger partial charge is 0.398 e. The Labute approximate surface area is 174 Å². The van der Waals surface area contributed by atoms with Crippen LogP contribution in [0.5, 0.6) is 5.75 Å². The summed E-state index contributed by atoms with van der Waals surface area (Å²) in [6.45, 7) is 1.71. The lowest BCUT2D eigenvalue weighted by molar-refractivity contribution is -0.168. The van der Waals surface area contributed by atoms with Crippen molar-refractivity contribution < 1.29 is 22.3 Å². The molecule has 0 spiro atoms. The lowest BCUT2D eigenvalue weighted by Crippen LogP contribution is -2.27. The van der Waals surface area contributed by atoms with E-state index >= 15 is 0 Å². The molecule has 0 saturated carbocycles. The van der Waals surface area contributed by atoms with Gasteiger partial charge < -0.3 is 14.6 Å². The molecule has 0 fully saturated rings. The first-order valence-corrected chi connectivity index (χ1v) is 9.27. The first-order valence-electron chi connectivity index (χ1n) is 8.89. The van der Waals surface area contributed by atoms with Gasteiger partial charge in [0.1, 0.15) is 11.7 Å². The number of alkyl halides is 3. The van der Waals surface area contributed by atoms with Crippen LogP contribution in [-0.4, -0.2) is 22.8 Å². The Morgan fingerprint density at radius 1 is 1.33 bits per heavy atom. The van der Waals surface area contributed by atoms with E-state index in [9.17, 15) is 22.4 Å². The summed E-state index contributed by atoms with van der Waals surface area (Å²) in [4.78, 5) is 16.1. The average Bonchev–Trinajstić information content (AvgIpc) is 2.68. The summed E-state index contributed by atoms with van der Waals surface area (Å²) in [7, 11) is 1.29. The van der Waals surface area contributed by atoms with Crippen LogP contribution in [-0.2, 0) is 6.54 Å². The molecule has 0 aliphatic heterocycles. The van der Waals surface area contributed by atoms with Crippen molar-refractivity contribution >= 4 is 23.2 Å².